The van der Waals surface area contributed by atoms with Gasteiger partial charge in [0.2, 0.25) is 0 Å². The average molecular weight is 126 g/mol. The Morgan fingerprint density at radius 2 is 1.89 bits per heavy atom. The summed E-state index contributed by atoms with van der Waals surface area (Å²) in [6, 6.07) is 0.448. The lowest BCUT2D eigenvalue weighted by molar-refractivity contribution is -0.142. The van der Waals surface area contributed by atoms with Crippen molar-refractivity contribution in [1.82, 2.24) is 0 Å². The number of fused-ring (bicyclic) bond motifs is 1. The SMILES string of the molecule is CC1C2N=NOC1C2C. The van der Waals surface area contributed by atoms with Gasteiger partial charge in [0.25, 0.3) is 0 Å². The van der Waals surface area contributed by atoms with Crippen LogP contribution in [0.5, 0.6) is 0 Å². The first-order chi connectivity index (χ1) is 4.30. The van der Waals surface area contributed by atoms with E-state index in [1.807, 2.05) is 0 Å². The molecule has 3 rings (SSSR count). The van der Waals surface area contributed by atoms with E-state index in [0.29, 0.717) is 24.0 Å². The summed E-state index contributed by atoms with van der Waals surface area (Å²) in [6.07, 6.45) is 0.354. The molecule has 3 heteroatoms. The van der Waals surface area contributed by atoms with Gasteiger partial charge in [0.05, 0.1) is 6.04 Å². The lowest BCUT2D eigenvalue weighted by Crippen LogP contribution is -2.54. The summed E-state index contributed by atoms with van der Waals surface area (Å²) in [7, 11) is 0. The standard InChI is InChI=1S/C6H10N2O/c1-3-5-4(2)6(3)9-8-7-5/h3-6H,1-2H3. The molecule has 2 heterocycles. The van der Waals surface area contributed by atoms with E-state index < -0.39 is 0 Å². The molecule has 0 saturated heterocycles. The predicted molar refractivity (Wildman–Crippen MR) is 31.8 cm³/mol. The monoisotopic (exact) mass is 126 g/mol. The Labute approximate surface area is 54.1 Å². The van der Waals surface area contributed by atoms with Gasteiger partial charge in [0, 0.05) is 17.1 Å². The molecule has 1 aliphatic carbocycles. The van der Waals surface area contributed by atoms with Gasteiger partial charge in [-0.15, -0.1) is 5.11 Å². The van der Waals surface area contributed by atoms with Crippen LogP contribution in [-0.4, -0.2) is 12.1 Å². The van der Waals surface area contributed by atoms with Gasteiger partial charge in [-0.2, -0.15) is 0 Å². The fraction of sp³-hybridized carbons (Fsp3) is 1.00. The van der Waals surface area contributed by atoms with Crippen LogP contribution in [0.15, 0.2) is 10.4 Å². The highest BCUT2D eigenvalue weighted by Crippen LogP contribution is 2.42. The minimum absolute atomic E-state index is 0.354. The Balaban J connectivity index is 2.21. The zero-order valence-electron chi connectivity index (χ0n) is 5.61. The molecule has 1 saturated carbocycles. The second-order valence-electron chi connectivity index (χ2n) is 2.98. The van der Waals surface area contributed by atoms with Crippen molar-refractivity contribution in [3.8, 4) is 0 Å². The molecule has 0 aromatic rings. The van der Waals surface area contributed by atoms with Crippen LogP contribution in [0.3, 0.4) is 0 Å². The zero-order chi connectivity index (χ0) is 6.43. The van der Waals surface area contributed by atoms with Gasteiger partial charge in [-0.25, -0.2) is 0 Å². The highest BCUT2D eigenvalue weighted by Gasteiger charge is 2.50. The zero-order valence-corrected chi connectivity index (χ0v) is 5.61. The van der Waals surface area contributed by atoms with E-state index in [0.717, 1.165) is 0 Å². The van der Waals surface area contributed by atoms with Crippen LogP contribution in [-0.2, 0) is 4.84 Å². The predicted octanol–water partition coefficient (Wildman–Crippen LogP) is 1.41. The van der Waals surface area contributed by atoms with Crippen molar-refractivity contribution >= 4 is 0 Å². The van der Waals surface area contributed by atoms with Gasteiger partial charge in [-0.3, -0.25) is 0 Å². The molecule has 0 N–H and O–H groups in total. The Hall–Kier alpha value is -0.600. The number of rotatable bonds is 0. The summed E-state index contributed by atoms with van der Waals surface area (Å²) in [4.78, 5) is 5.03. The van der Waals surface area contributed by atoms with Gasteiger partial charge >= 0.3 is 0 Å². The van der Waals surface area contributed by atoms with E-state index in [2.05, 4.69) is 24.2 Å². The molecule has 2 aliphatic heterocycles. The minimum atomic E-state index is 0.354. The molecule has 2 unspecified atom stereocenters. The Kier molecular flexibility index (Phi) is 0.845. The van der Waals surface area contributed by atoms with Crippen molar-refractivity contribution in [2.45, 2.75) is 26.0 Å². The van der Waals surface area contributed by atoms with E-state index in [4.69, 9.17) is 4.84 Å². The van der Waals surface area contributed by atoms with E-state index in [1.54, 1.807) is 0 Å². The van der Waals surface area contributed by atoms with Crippen LogP contribution in [0, 0.1) is 11.8 Å². The Morgan fingerprint density at radius 1 is 1.22 bits per heavy atom. The third-order valence-electron chi connectivity index (χ3n) is 2.46. The molecule has 1 fully saturated rings. The molecular weight excluding hydrogens is 116 g/mol. The van der Waals surface area contributed by atoms with Crippen molar-refractivity contribution in [2.24, 2.45) is 22.2 Å². The lowest BCUT2D eigenvalue weighted by atomic mass is 9.69. The summed E-state index contributed by atoms with van der Waals surface area (Å²) in [6.45, 7) is 4.32. The molecular formula is C6H10N2O. The molecule has 2 bridgehead atoms. The molecule has 0 amide bonds. The van der Waals surface area contributed by atoms with Gasteiger partial charge < -0.3 is 4.84 Å². The van der Waals surface area contributed by atoms with Gasteiger partial charge in [-0.05, 0) is 0 Å². The molecule has 9 heavy (non-hydrogen) atoms. The normalized spacial score (nSPS) is 54.0. The van der Waals surface area contributed by atoms with Crippen molar-refractivity contribution in [3.63, 3.8) is 0 Å². The van der Waals surface area contributed by atoms with Gasteiger partial charge in [0.15, 0.2) is 0 Å². The molecule has 50 valence electrons. The van der Waals surface area contributed by atoms with E-state index in [9.17, 15) is 0 Å². The van der Waals surface area contributed by atoms with Crippen LogP contribution in [0.1, 0.15) is 13.8 Å². The van der Waals surface area contributed by atoms with Crippen molar-refractivity contribution < 1.29 is 4.84 Å². The van der Waals surface area contributed by atoms with Crippen molar-refractivity contribution in [3.05, 3.63) is 0 Å². The topological polar surface area (TPSA) is 34.0 Å². The molecule has 2 atom stereocenters. The first-order valence-electron chi connectivity index (χ1n) is 3.36. The number of nitrogens with zero attached hydrogens (tertiary/aromatic N) is 2. The van der Waals surface area contributed by atoms with Crippen molar-refractivity contribution in [1.29, 1.82) is 0 Å². The van der Waals surface area contributed by atoms with Crippen LogP contribution >= 0.6 is 0 Å². The van der Waals surface area contributed by atoms with Crippen LogP contribution < -0.4 is 0 Å². The fourth-order valence-electron chi connectivity index (χ4n) is 1.74. The van der Waals surface area contributed by atoms with E-state index in [-0.39, 0.29) is 0 Å². The minimum Gasteiger partial charge on any atom is -0.376 e. The summed E-state index contributed by atoms with van der Waals surface area (Å²) >= 11 is 0. The first-order valence-corrected chi connectivity index (χ1v) is 3.36. The van der Waals surface area contributed by atoms with E-state index >= 15 is 0 Å². The maximum atomic E-state index is 5.03. The lowest BCUT2D eigenvalue weighted by Gasteiger charge is -2.46. The molecule has 0 aromatic carbocycles. The molecule has 0 aromatic heterocycles. The molecule has 0 spiro atoms. The third kappa shape index (κ3) is 0.471. The third-order valence-corrected chi connectivity index (χ3v) is 2.46. The van der Waals surface area contributed by atoms with Gasteiger partial charge in [0.1, 0.15) is 6.10 Å². The largest absolute Gasteiger partial charge is 0.376 e. The van der Waals surface area contributed by atoms with E-state index in [1.165, 1.54) is 0 Å². The Bertz CT molecular complexity index is 147. The molecule has 3 nitrogen and oxygen atoms in total. The first kappa shape index (κ1) is 5.21. The Morgan fingerprint density at radius 3 is 2.11 bits per heavy atom. The molecule has 0 radical (unpaired) electrons. The second kappa shape index (κ2) is 1.46. The quantitative estimate of drug-likeness (QED) is 0.483. The fourth-order valence-corrected chi connectivity index (χ4v) is 1.74. The summed E-state index contributed by atoms with van der Waals surface area (Å²) in [5.74, 6) is 1.19. The van der Waals surface area contributed by atoms with Gasteiger partial charge in [-0.1, -0.05) is 13.8 Å². The van der Waals surface area contributed by atoms with Crippen LogP contribution in [0.2, 0.25) is 0 Å². The summed E-state index contributed by atoms with van der Waals surface area (Å²) < 4.78 is 0. The number of hydrogen-bond donors (Lipinski definition) is 0. The summed E-state index contributed by atoms with van der Waals surface area (Å²) in [5, 5.41) is 7.49. The van der Waals surface area contributed by atoms with Crippen LogP contribution in [0.25, 0.3) is 0 Å². The maximum Gasteiger partial charge on any atom is 0.138 e. The smallest absolute Gasteiger partial charge is 0.138 e. The highest BCUT2D eigenvalue weighted by molar-refractivity contribution is 4.99. The average Bonchev–Trinajstić information content (AvgIpc) is 1.91. The highest BCUT2D eigenvalue weighted by atomic mass is 16.7. The summed E-state index contributed by atoms with van der Waals surface area (Å²) in [5.41, 5.74) is 0. The maximum absolute atomic E-state index is 5.03. The number of hydrogen-bond acceptors (Lipinski definition) is 3. The van der Waals surface area contributed by atoms with Crippen molar-refractivity contribution in [2.75, 3.05) is 0 Å². The second-order valence-corrected chi connectivity index (χ2v) is 2.98. The van der Waals surface area contributed by atoms with Crippen LogP contribution in [0.4, 0.5) is 0 Å². The molecule has 3 aliphatic rings.